The van der Waals surface area contributed by atoms with Gasteiger partial charge in [-0.3, -0.25) is 9.59 Å². The normalized spacial score (nSPS) is 15.0. The van der Waals surface area contributed by atoms with Gasteiger partial charge in [-0.2, -0.15) is 0 Å². The van der Waals surface area contributed by atoms with Gasteiger partial charge in [-0.25, -0.2) is 0 Å². The average molecular weight is 302 g/mol. The minimum atomic E-state index is -0.0112. The molecular weight excluding hydrogens is 276 g/mol. The summed E-state index contributed by atoms with van der Waals surface area (Å²) < 4.78 is 0. The van der Waals surface area contributed by atoms with E-state index < -0.39 is 0 Å². The molecule has 0 radical (unpaired) electrons. The zero-order valence-electron chi connectivity index (χ0n) is 13.7. The number of nitrogens with one attached hydrogen (secondary N) is 2. The van der Waals surface area contributed by atoms with Crippen LogP contribution >= 0.6 is 0 Å². The van der Waals surface area contributed by atoms with Crippen LogP contribution in [-0.2, 0) is 16.1 Å². The van der Waals surface area contributed by atoms with E-state index in [4.69, 9.17) is 0 Å². The summed E-state index contributed by atoms with van der Waals surface area (Å²) in [6.45, 7) is 6.62. The highest BCUT2D eigenvalue weighted by Crippen LogP contribution is 2.27. The summed E-state index contributed by atoms with van der Waals surface area (Å²) in [5, 5.41) is 5.89. The summed E-state index contributed by atoms with van der Waals surface area (Å²) in [5.74, 6) is 0.340. The zero-order valence-corrected chi connectivity index (χ0v) is 13.7. The zero-order chi connectivity index (χ0) is 16.2. The van der Waals surface area contributed by atoms with Crippen molar-refractivity contribution in [2.75, 3.05) is 5.32 Å². The first-order chi connectivity index (χ1) is 10.3. The van der Waals surface area contributed by atoms with Gasteiger partial charge in [0, 0.05) is 24.6 Å². The SMILES string of the molecule is CC(C)(C)CC(=O)NCc1cccc(NC(=O)C2CCC2)c1. The van der Waals surface area contributed by atoms with Crippen LogP contribution in [-0.4, -0.2) is 11.8 Å². The Bertz CT molecular complexity index is 542. The van der Waals surface area contributed by atoms with Gasteiger partial charge in [0.05, 0.1) is 0 Å². The first-order valence-corrected chi connectivity index (χ1v) is 8.00. The van der Waals surface area contributed by atoms with E-state index in [-0.39, 0.29) is 23.1 Å². The highest BCUT2D eigenvalue weighted by atomic mass is 16.2. The fourth-order valence-corrected chi connectivity index (χ4v) is 2.42. The maximum absolute atomic E-state index is 11.9. The van der Waals surface area contributed by atoms with Crippen LogP contribution in [0.25, 0.3) is 0 Å². The number of carbonyl (C=O) groups is 2. The minimum Gasteiger partial charge on any atom is -0.352 e. The van der Waals surface area contributed by atoms with Crippen LogP contribution < -0.4 is 10.6 Å². The van der Waals surface area contributed by atoms with Crippen LogP contribution in [0.4, 0.5) is 5.69 Å². The first-order valence-electron chi connectivity index (χ1n) is 8.00. The second-order valence-corrected chi connectivity index (χ2v) is 7.33. The molecule has 0 aliphatic heterocycles. The number of carbonyl (C=O) groups excluding carboxylic acids is 2. The Kier molecular flexibility index (Phi) is 5.22. The Labute approximate surface area is 132 Å². The third-order valence-electron chi connectivity index (χ3n) is 3.85. The number of amides is 2. The van der Waals surface area contributed by atoms with Gasteiger partial charge in [0.15, 0.2) is 0 Å². The van der Waals surface area contributed by atoms with Gasteiger partial charge in [0.1, 0.15) is 0 Å². The Balaban J connectivity index is 1.85. The van der Waals surface area contributed by atoms with Crippen LogP contribution in [0, 0.1) is 11.3 Å². The topological polar surface area (TPSA) is 58.2 Å². The molecule has 2 N–H and O–H groups in total. The molecule has 2 amide bonds. The third kappa shape index (κ3) is 5.17. The van der Waals surface area contributed by atoms with Gasteiger partial charge in [0.2, 0.25) is 11.8 Å². The predicted molar refractivity (Wildman–Crippen MR) is 88.3 cm³/mol. The average Bonchev–Trinajstić information content (AvgIpc) is 2.32. The largest absolute Gasteiger partial charge is 0.352 e. The molecule has 2 rings (SSSR count). The van der Waals surface area contributed by atoms with Gasteiger partial charge < -0.3 is 10.6 Å². The van der Waals surface area contributed by atoms with E-state index >= 15 is 0 Å². The smallest absolute Gasteiger partial charge is 0.227 e. The van der Waals surface area contributed by atoms with Gasteiger partial charge >= 0.3 is 0 Å². The molecule has 1 aliphatic rings. The summed E-state index contributed by atoms with van der Waals surface area (Å²) in [7, 11) is 0. The van der Waals surface area contributed by atoms with E-state index in [1.54, 1.807) is 0 Å². The van der Waals surface area contributed by atoms with Crippen molar-refractivity contribution in [3.05, 3.63) is 29.8 Å². The molecule has 0 spiro atoms. The minimum absolute atomic E-state index is 0.0112. The van der Waals surface area contributed by atoms with E-state index in [0.717, 1.165) is 30.5 Å². The van der Waals surface area contributed by atoms with Gasteiger partial charge in [-0.1, -0.05) is 39.3 Å². The molecule has 1 aliphatic carbocycles. The monoisotopic (exact) mass is 302 g/mol. The Morgan fingerprint density at radius 2 is 1.95 bits per heavy atom. The molecule has 0 heterocycles. The van der Waals surface area contributed by atoms with Crippen LogP contribution in [0.3, 0.4) is 0 Å². The summed E-state index contributed by atoms with van der Waals surface area (Å²) in [5.41, 5.74) is 1.79. The van der Waals surface area contributed by atoms with E-state index in [2.05, 4.69) is 10.6 Å². The number of benzene rings is 1. The summed E-state index contributed by atoms with van der Waals surface area (Å²) in [6.07, 6.45) is 3.64. The van der Waals surface area contributed by atoms with Crippen LogP contribution in [0.1, 0.15) is 52.0 Å². The quantitative estimate of drug-likeness (QED) is 0.875. The van der Waals surface area contributed by atoms with Crippen LogP contribution in [0.2, 0.25) is 0 Å². The molecule has 1 fully saturated rings. The van der Waals surface area contributed by atoms with Crippen molar-refractivity contribution in [1.82, 2.24) is 5.32 Å². The molecule has 4 heteroatoms. The molecule has 4 nitrogen and oxygen atoms in total. The lowest BCUT2D eigenvalue weighted by Gasteiger charge is -2.24. The lowest BCUT2D eigenvalue weighted by Crippen LogP contribution is -2.28. The maximum Gasteiger partial charge on any atom is 0.227 e. The van der Waals surface area contributed by atoms with E-state index in [1.807, 2.05) is 45.0 Å². The molecule has 120 valence electrons. The molecule has 0 unspecified atom stereocenters. The lowest BCUT2D eigenvalue weighted by atomic mass is 9.85. The number of anilines is 1. The molecule has 0 bridgehead atoms. The molecule has 0 saturated heterocycles. The molecule has 1 aromatic carbocycles. The Morgan fingerprint density at radius 1 is 1.23 bits per heavy atom. The standard InChI is InChI=1S/C18H26N2O2/c1-18(2,3)11-16(21)19-12-13-6-4-9-15(10-13)20-17(22)14-7-5-8-14/h4,6,9-10,14H,5,7-8,11-12H2,1-3H3,(H,19,21)(H,20,22). The van der Waals surface area contributed by atoms with Gasteiger partial charge in [0.25, 0.3) is 0 Å². The van der Waals surface area contributed by atoms with E-state index in [0.29, 0.717) is 13.0 Å². The second-order valence-electron chi connectivity index (χ2n) is 7.33. The number of rotatable bonds is 5. The second kappa shape index (κ2) is 6.95. The van der Waals surface area contributed by atoms with Crippen molar-refractivity contribution in [1.29, 1.82) is 0 Å². The fraction of sp³-hybridized carbons (Fsp3) is 0.556. The Morgan fingerprint density at radius 3 is 2.55 bits per heavy atom. The van der Waals surface area contributed by atoms with E-state index in [9.17, 15) is 9.59 Å². The summed E-state index contributed by atoms with van der Waals surface area (Å²) >= 11 is 0. The molecule has 0 atom stereocenters. The molecule has 22 heavy (non-hydrogen) atoms. The van der Waals surface area contributed by atoms with Crippen LogP contribution in [0.15, 0.2) is 24.3 Å². The number of hydrogen-bond acceptors (Lipinski definition) is 2. The lowest BCUT2D eigenvalue weighted by molar-refractivity contribution is -0.123. The fourth-order valence-electron chi connectivity index (χ4n) is 2.42. The molecule has 1 aromatic rings. The highest BCUT2D eigenvalue weighted by molar-refractivity contribution is 5.93. The van der Waals surface area contributed by atoms with Crippen molar-refractivity contribution in [3.63, 3.8) is 0 Å². The molecule has 0 aromatic heterocycles. The van der Waals surface area contributed by atoms with Crippen molar-refractivity contribution < 1.29 is 9.59 Å². The van der Waals surface area contributed by atoms with Crippen molar-refractivity contribution in [2.24, 2.45) is 11.3 Å². The summed E-state index contributed by atoms with van der Waals surface area (Å²) in [6, 6.07) is 7.67. The Hall–Kier alpha value is -1.84. The maximum atomic E-state index is 11.9. The van der Waals surface area contributed by atoms with E-state index in [1.165, 1.54) is 0 Å². The van der Waals surface area contributed by atoms with Crippen molar-refractivity contribution in [2.45, 2.75) is 53.0 Å². The highest BCUT2D eigenvalue weighted by Gasteiger charge is 2.25. The van der Waals surface area contributed by atoms with Gasteiger partial charge in [-0.05, 0) is 36.0 Å². The molecular formula is C18H26N2O2. The van der Waals surface area contributed by atoms with Crippen molar-refractivity contribution >= 4 is 17.5 Å². The van der Waals surface area contributed by atoms with Crippen LogP contribution in [0.5, 0.6) is 0 Å². The third-order valence-corrected chi connectivity index (χ3v) is 3.85. The van der Waals surface area contributed by atoms with Crippen molar-refractivity contribution in [3.8, 4) is 0 Å². The molecule has 1 saturated carbocycles. The van der Waals surface area contributed by atoms with Gasteiger partial charge in [-0.15, -0.1) is 0 Å². The summed E-state index contributed by atoms with van der Waals surface area (Å²) in [4.78, 5) is 23.8. The first kappa shape index (κ1) is 16.5. The number of hydrogen-bond donors (Lipinski definition) is 2. The predicted octanol–water partition coefficient (Wildman–Crippen LogP) is 3.48.